The van der Waals surface area contributed by atoms with Crippen LogP contribution >= 0.6 is 11.6 Å². The Labute approximate surface area is 178 Å². The molecule has 0 unspecified atom stereocenters. The highest BCUT2D eigenvalue weighted by Gasteiger charge is 2.25. The van der Waals surface area contributed by atoms with Crippen LogP contribution in [0.15, 0.2) is 66.9 Å². The number of hydrogen-bond donors (Lipinski definition) is 0. The van der Waals surface area contributed by atoms with Gasteiger partial charge in [-0.25, -0.2) is 0 Å². The fraction of sp³-hybridized carbons (Fsp3) is 0.320. The SMILES string of the molecule is Cc1ccc(C(=O)N(Cc2cccn2Cc2cccc(Cl)c2)[C@H](C)C(C)C)cc1. The van der Waals surface area contributed by atoms with E-state index in [-0.39, 0.29) is 11.9 Å². The molecular weight excluding hydrogens is 380 g/mol. The summed E-state index contributed by atoms with van der Waals surface area (Å²) in [6, 6.07) is 20.0. The van der Waals surface area contributed by atoms with E-state index in [9.17, 15) is 4.79 Å². The molecule has 0 radical (unpaired) electrons. The topological polar surface area (TPSA) is 25.2 Å². The Hall–Kier alpha value is -2.52. The molecule has 1 heterocycles. The average Bonchev–Trinajstić information content (AvgIpc) is 3.12. The molecule has 0 saturated carbocycles. The maximum absolute atomic E-state index is 13.3. The lowest BCUT2D eigenvalue weighted by atomic mass is 10.0. The van der Waals surface area contributed by atoms with Gasteiger partial charge in [-0.3, -0.25) is 4.79 Å². The van der Waals surface area contributed by atoms with Crippen LogP contribution in [0.1, 0.15) is 48.0 Å². The van der Waals surface area contributed by atoms with Crippen LogP contribution in [0.2, 0.25) is 5.02 Å². The van der Waals surface area contributed by atoms with Gasteiger partial charge < -0.3 is 9.47 Å². The van der Waals surface area contributed by atoms with Crippen molar-refractivity contribution in [3.63, 3.8) is 0 Å². The van der Waals surface area contributed by atoms with Crippen molar-refractivity contribution in [2.45, 2.75) is 46.8 Å². The third kappa shape index (κ3) is 5.30. The first kappa shape index (κ1) is 21.2. The van der Waals surface area contributed by atoms with E-state index >= 15 is 0 Å². The zero-order chi connectivity index (χ0) is 21.0. The number of hydrogen-bond acceptors (Lipinski definition) is 1. The molecule has 0 saturated heterocycles. The summed E-state index contributed by atoms with van der Waals surface area (Å²) in [6.07, 6.45) is 2.06. The molecule has 1 amide bonds. The summed E-state index contributed by atoms with van der Waals surface area (Å²) in [5, 5.41) is 0.737. The number of carbonyl (C=O) groups excluding carboxylic acids is 1. The van der Waals surface area contributed by atoms with E-state index in [4.69, 9.17) is 11.6 Å². The predicted octanol–water partition coefficient (Wildman–Crippen LogP) is 6.19. The normalized spacial score (nSPS) is 12.2. The minimum Gasteiger partial charge on any atom is -0.345 e. The van der Waals surface area contributed by atoms with E-state index in [0.717, 1.165) is 34.0 Å². The molecule has 3 nitrogen and oxygen atoms in total. The van der Waals surface area contributed by atoms with Crippen LogP contribution in [0.3, 0.4) is 0 Å². The molecule has 2 aromatic carbocycles. The van der Waals surface area contributed by atoms with E-state index in [1.165, 1.54) is 0 Å². The lowest BCUT2D eigenvalue weighted by molar-refractivity contribution is 0.0622. The second kappa shape index (κ2) is 9.32. The Balaban J connectivity index is 1.86. The predicted molar refractivity (Wildman–Crippen MR) is 120 cm³/mol. The maximum atomic E-state index is 13.3. The molecule has 3 rings (SSSR count). The Bertz CT molecular complexity index is 959. The molecule has 0 N–H and O–H groups in total. The first-order chi connectivity index (χ1) is 13.8. The van der Waals surface area contributed by atoms with Gasteiger partial charge >= 0.3 is 0 Å². The lowest BCUT2D eigenvalue weighted by Crippen LogP contribution is -2.41. The molecular formula is C25H29ClN2O. The monoisotopic (exact) mass is 408 g/mol. The van der Waals surface area contributed by atoms with E-state index in [1.807, 2.05) is 60.4 Å². The summed E-state index contributed by atoms with van der Waals surface area (Å²) in [7, 11) is 0. The Morgan fingerprint density at radius 2 is 1.76 bits per heavy atom. The van der Waals surface area contributed by atoms with Gasteiger partial charge in [0.1, 0.15) is 0 Å². The van der Waals surface area contributed by atoms with Crippen molar-refractivity contribution in [2.75, 3.05) is 0 Å². The van der Waals surface area contributed by atoms with Crippen LogP contribution in [-0.2, 0) is 13.1 Å². The highest BCUT2D eigenvalue weighted by atomic mass is 35.5. The Morgan fingerprint density at radius 3 is 2.41 bits per heavy atom. The highest BCUT2D eigenvalue weighted by Crippen LogP contribution is 2.20. The number of aromatic nitrogens is 1. The molecule has 29 heavy (non-hydrogen) atoms. The highest BCUT2D eigenvalue weighted by molar-refractivity contribution is 6.30. The first-order valence-electron chi connectivity index (χ1n) is 10.1. The third-order valence-electron chi connectivity index (χ3n) is 5.51. The summed E-state index contributed by atoms with van der Waals surface area (Å²) in [6.45, 7) is 9.77. The van der Waals surface area contributed by atoms with E-state index in [0.29, 0.717) is 12.5 Å². The number of halogens is 1. The molecule has 0 fully saturated rings. The van der Waals surface area contributed by atoms with Gasteiger partial charge in [0.2, 0.25) is 0 Å². The third-order valence-corrected chi connectivity index (χ3v) is 5.75. The van der Waals surface area contributed by atoms with Crippen LogP contribution in [0.4, 0.5) is 0 Å². The number of carbonyl (C=O) groups is 1. The quantitative estimate of drug-likeness (QED) is 0.457. The van der Waals surface area contributed by atoms with Crippen LogP contribution in [0.25, 0.3) is 0 Å². The van der Waals surface area contributed by atoms with Crippen molar-refractivity contribution < 1.29 is 4.79 Å². The molecule has 0 aliphatic carbocycles. The van der Waals surface area contributed by atoms with Gasteiger partial charge in [0.05, 0.1) is 6.54 Å². The van der Waals surface area contributed by atoms with Crippen molar-refractivity contribution in [3.05, 3.63) is 94.3 Å². The standard InChI is InChI=1S/C25H29ClN2O/c1-18(2)20(4)28(25(29)22-12-10-19(3)11-13-22)17-24-9-6-14-27(24)16-21-7-5-8-23(26)15-21/h5-15,18,20H,16-17H2,1-4H3/t20-/m1/s1. The van der Waals surface area contributed by atoms with Crippen molar-refractivity contribution >= 4 is 17.5 Å². The van der Waals surface area contributed by atoms with E-state index in [1.54, 1.807) is 0 Å². The van der Waals surface area contributed by atoms with Gasteiger partial charge in [-0.05, 0) is 61.7 Å². The number of benzene rings is 2. The maximum Gasteiger partial charge on any atom is 0.254 e. The lowest BCUT2D eigenvalue weighted by Gasteiger charge is -2.32. The molecule has 1 atom stereocenters. The fourth-order valence-electron chi connectivity index (χ4n) is 3.38. The molecule has 3 aromatic rings. The summed E-state index contributed by atoms with van der Waals surface area (Å²) < 4.78 is 2.19. The zero-order valence-corrected chi connectivity index (χ0v) is 18.4. The van der Waals surface area contributed by atoms with Crippen LogP contribution in [0.5, 0.6) is 0 Å². The second-order valence-corrected chi connectivity index (χ2v) is 8.48. The minimum atomic E-state index is 0.0710. The largest absolute Gasteiger partial charge is 0.345 e. The Kier molecular flexibility index (Phi) is 6.81. The molecule has 0 aliphatic rings. The molecule has 0 spiro atoms. The fourth-order valence-corrected chi connectivity index (χ4v) is 3.59. The molecule has 1 aromatic heterocycles. The summed E-state index contributed by atoms with van der Waals surface area (Å²) in [5.74, 6) is 0.433. The van der Waals surface area contributed by atoms with Gasteiger partial charge in [-0.15, -0.1) is 0 Å². The second-order valence-electron chi connectivity index (χ2n) is 8.04. The van der Waals surface area contributed by atoms with E-state index < -0.39 is 0 Å². The number of amides is 1. The molecule has 0 bridgehead atoms. The van der Waals surface area contributed by atoms with Crippen molar-refractivity contribution in [3.8, 4) is 0 Å². The van der Waals surface area contributed by atoms with Crippen LogP contribution in [0, 0.1) is 12.8 Å². The van der Waals surface area contributed by atoms with Gasteiger partial charge in [0.15, 0.2) is 0 Å². The average molecular weight is 409 g/mol. The summed E-state index contributed by atoms with van der Waals surface area (Å²) in [4.78, 5) is 15.3. The molecule has 152 valence electrons. The van der Waals surface area contributed by atoms with Gasteiger partial charge in [-0.1, -0.05) is 55.3 Å². The smallest absolute Gasteiger partial charge is 0.254 e. The van der Waals surface area contributed by atoms with E-state index in [2.05, 4.69) is 43.7 Å². The van der Waals surface area contributed by atoms with Crippen molar-refractivity contribution in [2.24, 2.45) is 5.92 Å². The first-order valence-corrected chi connectivity index (χ1v) is 10.5. The Morgan fingerprint density at radius 1 is 1.03 bits per heavy atom. The van der Waals surface area contributed by atoms with Gasteiger partial charge in [0.25, 0.3) is 5.91 Å². The molecule has 0 aliphatic heterocycles. The van der Waals surface area contributed by atoms with Crippen molar-refractivity contribution in [1.82, 2.24) is 9.47 Å². The van der Waals surface area contributed by atoms with Crippen LogP contribution in [-0.4, -0.2) is 21.4 Å². The number of nitrogens with zero attached hydrogens (tertiary/aromatic N) is 2. The summed E-state index contributed by atoms with van der Waals surface area (Å²) in [5.41, 5.74) is 4.14. The molecule has 4 heteroatoms. The van der Waals surface area contributed by atoms with Crippen LogP contribution < -0.4 is 0 Å². The van der Waals surface area contributed by atoms with Gasteiger partial charge in [0, 0.05) is 35.1 Å². The van der Waals surface area contributed by atoms with Gasteiger partial charge in [-0.2, -0.15) is 0 Å². The van der Waals surface area contributed by atoms with Crippen molar-refractivity contribution in [1.29, 1.82) is 0 Å². The number of rotatable bonds is 7. The zero-order valence-electron chi connectivity index (χ0n) is 17.6. The summed E-state index contributed by atoms with van der Waals surface area (Å²) >= 11 is 6.14. The number of aryl methyl sites for hydroxylation is 1. The minimum absolute atomic E-state index is 0.0710.